The smallest absolute Gasteiger partial charge is 0.275 e. The van der Waals surface area contributed by atoms with E-state index in [1.165, 1.54) is 6.20 Å². The molecule has 0 radical (unpaired) electrons. The number of rotatable bonds is 3. The zero-order valence-electron chi connectivity index (χ0n) is 13.7. The van der Waals surface area contributed by atoms with Crippen molar-refractivity contribution in [3.05, 3.63) is 42.0 Å². The van der Waals surface area contributed by atoms with Crippen LogP contribution in [0.5, 0.6) is 0 Å². The first-order chi connectivity index (χ1) is 12.2. The van der Waals surface area contributed by atoms with E-state index < -0.39 is 0 Å². The van der Waals surface area contributed by atoms with Gasteiger partial charge < -0.3 is 9.80 Å². The molecule has 2 aliphatic rings. The summed E-state index contributed by atoms with van der Waals surface area (Å²) >= 11 is 1.05. The van der Waals surface area contributed by atoms with Crippen molar-refractivity contribution in [2.24, 2.45) is 5.92 Å². The van der Waals surface area contributed by atoms with Gasteiger partial charge in [0.05, 0.1) is 17.9 Å². The lowest BCUT2D eigenvalue weighted by atomic mass is 9.83. The van der Waals surface area contributed by atoms with Crippen LogP contribution in [-0.2, 0) is 11.3 Å². The third-order valence-corrected chi connectivity index (χ3v) is 5.56. The molecule has 2 fully saturated rings. The van der Waals surface area contributed by atoms with Crippen molar-refractivity contribution in [3.63, 3.8) is 0 Å². The maximum atomic E-state index is 12.5. The molecule has 25 heavy (non-hydrogen) atoms. The second-order valence-corrected chi connectivity index (χ2v) is 7.14. The molecule has 7 nitrogen and oxygen atoms in total. The van der Waals surface area contributed by atoms with E-state index in [0.29, 0.717) is 37.7 Å². The van der Waals surface area contributed by atoms with Crippen LogP contribution in [0.25, 0.3) is 0 Å². The van der Waals surface area contributed by atoms with E-state index in [1.54, 1.807) is 6.20 Å². The summed E-state index contributed by atoms with van der Waals surface area (Å²) < 4.78 is 7.96. The lowest BCUT2D eigenvalue weighted by molar-refractivity contribution is -0.141. The maximum absolute atomic E-state index is 12.5. The van der Waals surface area contributed by atoms with E-state index in [-0.39, 0.29) is 17.9 Å². The van der Waals surface area contributed by atoms with Crippen LogP contribution in [0.4, 0.5) is 0 Å². The summed E-state index contributed by atoms with van der Waals surface area (Å²) in [7, 11) is 0. The van der Waals surface area contributed by atoms with Crippen LogP contribution in [0.3, 0.4) is 0 Å². The van der Waals surface area contributed by atoms with Crippen LogP contribution in [0.2, 0.25) is 0 Å². The second-order valence-electron chi connectivity index (χ2n) is 6.58. The third kappa shape index (κ3) is 3.26. The van der Waals surface area contributed by atoms with Gasteiger partial charge in [0.1, 0.15) is 0 Å². The Labute approximate surface area is 150 Å². The molecule has 0 bridgehead atoms. The van der Waals surface area contributed by atoms with Gasteiger partial charge in [-0.1, -0.05) is 6.07 Å². The number of likely N-dealkylation sites (tertiary alicyclic amines) is 2. The average molecular weight is 357 g/mol. The maximum Gasteiger partial charge on any atom is 0.275 e. The molecule has 2 atom stereocenters. The van der Waals surface area contributed by atoms with Crippen molar-refractivity contribution in [2.75, 3.05) is 13.1 Å². The predicted octanol–water partition coefficient (Wildman–Crippen LogP) is 1.59. The van der Waals surface area contributed by atoms with Crippen molar-refractivity contribution in [3.8, 4) is 0 Å². The summed E-state index contributed by atoms with van der Waals surface area (Å²) in [5.74, 6) is 0.468. The van der Waals surface area contributed by atoms with Crippen molar-refractivity contribution in [1.82, 2.24) is 23.5 Å². The fraction of sp³-hybridized carbons (Fsp3) is 0.471. The van der Waals surface area contributed by atoms with Crippen LogP contribution in [0, 0.1) is 5.92 Å². The molecule has 2 aliphatic heterocycles. The Morgan fingerprint density at radius 1 is 1.32 bits per heavy atom. The average Bonchev–Trinajstić information content (AvgIpc) is 3.19. The minimum Gasteiger partial charge on any atom is -0.337 e. The molecule has 8 heteroatoms. The quantitative estimate of drug-likeness (QED) is 0.833. The molecule has 0 spiro atoms. The highest BCUT2D eigenvalue weighted by Crippen LogP contribution is 2.32. The second kappa shape index (κ2) is 6.87. The normalized spacial score (nSPS) is 23.4. The molecule has 2 saturated heterocycles. The van der Waals surface area contributed by atoms with E-state index in [0.717, 1.165) is 30.1 Å². The van der Waals surface area contributed by atoms with Crippen LogP contribution < -0.4 is 0 Å². The van der Waals surface area contributed by atoms with E-state index in [9.17, 15) is 9.59 Å². The van der Waals surface area contributed by atoms with Crippen LogP contribution in [0.15, 0.2) is 30.7 Å². The van der Waals surface area contributed by atoms with Crippen molar-refractivity contribution in [2.45, 2.75) is 31.8 Å². The van der Waals surface area contributed by atoms with Crippen molar-refractivity contribution >= 4 is 23.5 Å². The summed E-state index contributed by atoms with van der Waals surface area (Å²) in [6.45, 7) is 1.92. The van der Waals surface area contributed by atoms with Gasteiger partial charge in [-0.25, -0.2) is 0 Å². The molecular weight excluding hydrogens is 338 g/mol. The molecule has 2 aromatic heterocycles. The number of nitrogens with zero attached hydrogens (tertiary/aromatic N) is 5. The van der Waals surface area contributed by atoms with E-state index in [4.69, 9.17) is 0 Å². The first-order valence-electron chi connectivity index (χ1n) is 8.47. The first kappa shape index (κ1) is 16.1. The van der Waals surface area contributed by atoms with Gasteiger partial charge in [-0.15, -0.1) is 0 Å². The number of fused-ring (bicyclic) bond motifs is 1. The van der Waals surface area contributed by atoms with E-state index in [2.05, 4.69) is 13.7 Å². The lowest BCUT2D eigenvalue weighted by Gasteiger charge is -2.47. The summed E-state index contributed by atoms with van der Waals surface area (Å²) in [5, 5.41) is 0. The Balaban J connectivity index is 1.47. The van der Waals surface area contributed by atoms with Gasteiger partial charge in [-0.2, -0.15) is 8.75 Å². The minimum atomic E-state index is -0.0529. The molecule has 0 N–H and O–H groups in total. The lowest BCUT2D eigenvalue weighted by Crippen LogP contribution is -2.56. The Bertz CT molecular complexity index is 752. The van der Waals surface area contributed by atoms with E-state index in [1.807, 2.05) is 28.1 Å². The van der Waals surface area contributed by atoms with Crippen molar-refractivity contribution < 1.29 is 9.59 Å². The fourth-order valence-corrected chi connectivity index (χ4v) is 4.26. The van der Waals surface area contributed by atoms with Gasteiger partial charge >= 0.3 is 0 Å². The topological polar surface area (TPSA) is 79.3 Å². The van der Waals surface area contributed by atoms with Gasteiger partial charge in [0.25, 0.3) is 5.91 Å². The molecular formula is C17H19N5O2S. The summed E-state index contributed by atoms with van der Waals surface area (Å²) in [5.41, 5.74) is 1.46. The van der Waals surface area contributed by atoms with Gasteiger partial charge in [-0.3, -0.25) is 14.6 Å². The Kier molecular flexibility index (Phi) is 4.44. The van der Waals surface area contributed by atoms with Gasteiger partial charge in [0.15, 0.2) is 5.69 Å². The van der Waals surface area contributed by atoms with Crippen LogP contribution in [-0.4, -0.2) is 54.5 Å². The first-order valence-corrected chi connectivity index (χ1v) is 9.20. The predicted molar refractivity (Wildman–Crippen MR) is 91.7 cm³/mol. The van der Waals surface area contributed by atoms with Gasteiger partial charge in [0, 0.05) is 44.5 Å². The molecule has 0 aliphatic carbocycles. The standard InChI is InChI=1S/C17H19N5O2S/c23-16-4-3-13-11-21(17(24)14-9-19-25-20-14)7-5-15(13)22(16)10-12-2-1-6-18-8-12/h1-2,6,8-9,13,15H,3-5,7,10-11H2/t13-,15+/m0/s1. The number of piperidine rings is 2. The van der Waals surface area contributed by atoms with Crippen LogP contribution in [0.1, 0.15) is 35.3 Å². The minimum absolute atomic E-state index is 0.0529. The van der Waals surface area contributed by atoms with Gasteiger partial charge in [0.2, 0.25) is 5.91 Å². The Morgan fingerprint density at radius 2 is 2.24 bits per heavy atom. The summed E-state index contributed by atoms with van der Waals surface area (Å²) in [6.07, 6.45) is 7.26. The number of carbonyl (C=O) groups excluding carboxylic acids is 2. The third-order valence-electron chi connectivity index (χ3n) is 5.09. The summed E-state index contributed by atoms with van der Waals surface area (Å²) in [6, 6.07) is 4.08. The van der Waals surface area contributed by atoms with Crippen LogP contribution >= 0.6 is 11.7 Å². The number of aromatic nitrogens is 3. The highest BCUT2D eigenvalue weighted by Gasteiger charge is 2.40. The fourth-order valence-electron chi connectivity index (χ4n) is 3.85. The molecule has 4 rings (SSSR count). The highest BCUT2D eigenvalue weighted by atomic mass is 32.1. The van der Waals surface area contributed by atoms with Gasteiger partial charge in [-0.05, 0) is 30.4 Å². The Hall–Kier alpha value is -2.35. The number of hydrogen-bond acceptors (Lipinski definition) is 6. The number of carbonyl (C=O) groups is 2. The zero-order valence-corrected chi connectivity index (χ0v) is 14.6. The SMILES string of the molecule is O=C(c1cnsn1)N1CC[C@@H]2[C@@H](CCC(=O)N2Cc2cccnc2)C1. The molecule has 0 unspecified atom stereocenters. The molecule has 0 saturated carbocycles. The summed E-state index contributed by atoms with van der Waals surface area (Å²) in [4.78, 5) is 33.0. The number of amides is 2. The molecule has 130 valence electrons. The molecule has 4 heterocycles. The number of hydrogen-bond donors (Lipinski definition) is 0. The largest absolute Gasteiger partial charge is 0.337 e. The molecule has 2 amide bonds. The van der Waals surface area contributed by atoms with Crippen molar-refractivity contribution in [1.29, 1.82) is 0 Å². The highest BCUT2D eigenvalue weighted by molar-refractivity contribution is 6.99. The molecule has 0 aromatic carbocycles. The zero-order chi connectivity index (χ0) is 17.2. The number of pyridine rings is 1. The Morgan fingerprint density at radius 3 is 3.00 bits per heavy atom. The van der Waals surface area contributed by atoms with E-state index >= 15 is 0 Å². The molecule has 2 aromatic rings. The monoisotopic (exact) mass is 357 g/mol.